The summed E-state index contributed by atoms with van der Waals surface area (Å²) in [4.78, 5) is 23.4. The lowest BCUT2D eigenvalue weighted by Gasteiger charge is -2.18. The number of ether oxygens (including phenoxy) is 1. The van der Waals surface area contributed by atoms with Crippen LogP contribution in [-0.4, -0.2) is 48.0 Å². The Morgan fingerprint density at radius 3 is 3.00 bits per heavy atom. The van der Waals surface area contributed by atoms with Gasteiger partial charge in [-0.3, -0.25) is 9.78 Å². The first-order valence-corrected chi connectivity index (χ1v) is 8.07. The zero-order valence-electron chi connectivity index (χ0n) is 14.2. The van der Waals surface area contributed by atoms with Crippen molar-refractivity contribution in [3.05, 3.63) is 47.4 Å². The minimum absolute atomic E-state index is 0.0380. The molecule has 3 heterocycles. The van der Waals surface area contributed by atoms with Crippen molar-refractivity contribution in [3.8, 4) is 5.88 Å². The van der Waals surface area contributed by atoms with Crippen LogP contribution in [0.25, 0.3) is 0 Å². The second-order valence-corrected chi connectivity index (χ2v) is 5.97. The van der Waals surface area contributed by atoms with E-state index in [9.17, 15) is 4.79 Å². The number of carbonyl (C=O) groups excluding carboxylic acids is 1. The van der Waals surface area contributed by atoms with Crippen LogP contribution in [0.4, 0.5) is 5.69 Å². The lowest BCUT2D eigenvalue weighted by molar-refractivity contribution is 0.0786. The first-order chi connectivity index (χ1) is 11.6. The Bertz CT molecular complexity index is 748. The number of methoxy groups -OCH3 is 1. The van der Waals surface area contributed by atoms with E-state index < -0.39 is 0 Å². The Kier molecular flexibility index (Phi) is 4.64. The molecule has 1 saturated heterocycles. The van der Waals surface area contributed by atoms with Crippen molar-refractivity contribution in [2.45, 2.75) is 19.3 Å². The molecule has 1 N–H and O–H groups in total. The Morgan fingerprint density at radius 2 is 2.25 bits per heavy atom. The lowest BCUT2D eigenvalue weighted by Crippen LogP contribution is -2.29. The second-order valence-electron chi connectivity index (χ2n) is 5.97. The Balaban J connectivity index is 1.78. The molecule has 0 aromatic carbocycles. The highest BCUT2D eigenvalue weighted by molar-refractivity contribution is 5.96. The molecule has 24 heavy (non-hydrogen) atoms. The van der Waals surface area contributed by atoms with E-state index in [1.165, 1.54) is 7.11 Å². The number of aromatic nitrogens is 2. The van der Waals surface area contributed by atoms with Crippen LogP contribution in [0.1, 0.15) is 34.1 Å². The van der Waals surface area contributed by atoms with Gasteiger partial charge in [-0.15, -0.1) is 0 Å². The maximum atomic E-state index is 12.8. The fourth-order valence-corrected chi connectivity index (χ4v) is 3.12. The number of hydrogen-bond acceptors (Lipinski definition) is 5. The Hall–Kier alpha value is -2.63. The van der Waals surface area contributed by atoms with Gasteiger partial charge in [0.1, 0.15) is 5.56 Å². The van der Waals surface area contributed by atoms with Gasteiger partial charge >= 0.3 is 0 Å². The molecule has 6 heteroatoms. The van der Waals surface area contributed by atoms with Crippen LogP contribution >= 0.6 is 0 Å². The van der Waals surface area contributed by atoms with Crippen molar-refractivity contribution in [1.29, 1.82) is 0 Å². The summed E-state index contributed by atoms with van der Waals surface area (Å²) in [5.41, 5.74) is 3.58. The Labute approximate surface area is 141 Å². The quantitative estimate of drug-likeness (QED) is 0.935. The monoisotopic (exact) mass is 326 g/mol. The molecule has 2 aromatic rings. The lowest BCUT2D eigenvalue weighted by atomic mass is 10.0. The number of nitrogens with one attached hydrogen (secondary N) is 1. The normalized spacial score (nSPS) is 17.0. The van der Waals surface area contributed by atoms with Gasteiger partial charge in [-0.25, -0.2) is 4.98 Å². The molecule has 0 radical (unpaired) electrons. The summed E-state index contributed by atoms with van der Waals surface area (Å²) in [5.74, 6) is 0.588. The number of anilines is 1. The maximum absolute atomic E-state index is 12.8. The van der Waals surface area contributed by atoms with Crippen molar-refractivity contribution >= 4 is 11.6 Å². The first kappa shape index (κ1) is 16.2. The van der Waals surface area contributed by atoms with Gasteiger partial charge in [0.15, 0.2) is 0 Å². The average Bonchev–Trinajstić information content (AvgIpc) is 3.10. The molecule has 0 bridgehead atoms. The molecular weight excluding hydrogens is 304 g/mol. The molecule has 0 spiro atoms. The van der Waals surface area contributed by atoms with Gasteiger partial charge in [0.05, 0.1) is 7.11 Å². The largest absolute Gasteiger partial charge is 0.480 e. The fraction of sp³-hybridized carbons (Fsp3) is 0.389. The van der Waals surface area contributed by atoms with Crippen LogP contribution in [0.15, 0.2) is 30.5 Å². The molecule has 2 aromatic heterocycles. The number of carbonyl (C=O) groups is 1. The van der Waals surface area contributed by atoms with Gasteiger partial charge in [0, 0.05) is 49.3 Å². The minimum atomic E-state index is -0.0380. The highest BCUT2D eigenvalue weighted by Gasteiger charge is 2.30. The molecule has 3 rings (SSSR count). The fourth-order valence-electron chi connectivity index (χ4n) is 3.12. The standard InChI is InChI=1S/C18H22N4O2/c1-12-9-14(19-2)10-16(21-12)13-6-8-22(11-13)18(23)15-5-4-7-20-17(15)24-3/h4-5,7,9-10,13H,6,8,11H2,1-3H3,(H,19,21)/t13-/m0/s1. The van der Waals surface area contributed by atoms with Gasteiger partial charge in [-0.05, 0) is 37.6 Å². The van der Waals surface area contributed by atoms with Crippen LogP contribution in [0.5, 0.6) is 5.88 Å². The van der Waals surface area contributed by atoms with E-state index >= 15 is 0 Å². The van der Waals surface area contributed by atoms with Gasteiger partial charge < -0.3 is 15.0 Å². The number of amides is 1. The molecule has 126 valence electrons. The van der Waals surface area contributed by atoms with Crippen molar-refractivity contribution in [1.82, 2.24) is 14.9 Å². The molecule has 1 aliphatic rings. The second kappa shape index (κ2) is 6.86. The zero-order valence-corrected chi connectivity index (χ0v) is 14.2. The summed E-state index contributed by atoms with van der Waals surface area (Å²) in [6, 6.07) is 7.59. The average molecular weight is 326 g/mol. The summed E-state index contributed by atoms with van der Waals surface area (Å²) in [7, 11) is 3.43. The third-order valence-electron chi connectivity index (χ3n) is 4.35. The van der Waals surface area contributed by atoms with E-state index in [0.717, 1.165) is 23.5 Å². The third kappa shape index (κ3) is 3.18. The van der Waals surface area contributed by atoms with Crippen molar-refractivity contribution in [2.75, 3.05) is 32.6 Å². The number of nitrogens with zero attached hydrogens (tertiary/aromatic N) is 3. The van der Waals surface area contributed by atoms with Gasteiger partial charge in [-0.2, -0.15) is 0 Å². The summed E-state index contributed by atoms with van der Waals surface area (Å²) in [6.07, 6.45) is 2.53. The van der Waals surface area contributed by atoms with Gasteiger partial charge in [0.25, 0.3) is 5.91 Å². The van der Waals surface area contributed by atoms with Crippen molar-refractivity contribution in [3.63, 3.8) is 0 Å². The smallest absolute Gasteiger partial charge is 0.259 e. The van der Waals surface area contributed by atoms with Crippen LogP contribution in [0.3, 0.4) is 0 Å². The van der Waals surface area contributed by atoms with Crippen LogP contribution < -0.4 is 10.1 Å². The first-order valence-electron chi connectivity index (χ1n) is 8.07. The van der Waals surface area contributed by atoms with E-state index in [0.29, 0.717) is 24.5 Å². The van der Waals surface area contributed by atoms with E-state index in [2.05, 4.69) is 21.4 Å². The highest BCUT2D eigenvalue weighted by Crippen LogP contribution is 2.29. The summed E-state index contributed by atoms with van der Waals surface area (Å²) in [6.45, 7) is 3.37. The molecule has 0 aliphatic carbocycles. The number of aryl methyl sites for hydroxylation is 1. The molecule has 0 saturated carbocycles. The van der Waals surface area contributed by atoms with Crippen LogP contribution in [0.2, 0.25) is 0 Å². The molecule has 0 unspecified atom stereocenters. The molecule has 6 nitrogen and oxygen atoms in total. The maximum Gasteiger partial charge on any atom is 0.259 e. The molecular formula is C18H22N4O2. The summed E-state index contributed by atoms with van der Waals surface area (Å²) < 4.78 is 5.20. The van der Waals surface area contributed by atoms with E-state index in [1.54, 1.807) is 18.3 Å². The highest BCUT2D eigenvalue weighted by atomic mass is 16.5. The van der Waals surface area contributed by atoms with E-state index in [1.807, 2.05) is 24.9 Å². The molecule has 1 atom stereocenters. The predicted molar refractivity (Wildman–Crippen MR) is 92.6 cm³/mol. The topological polar surface area (TPSA) is 67.4 Å². The summed E-state index contributed by atoms with van der Waals surface area (Å²) >= 11 is 0. The molecule has 1 amide bonds. The predicted octanol–water partition coefficient (Wildman–Crippen LogP) is 2.47. The summed E-state index contributed by atoms with van der Waals surface area (Å²) in [5, 5.41) is 3.16. The third-order valence-corrected chi connectivity index (χ3v) is 4.35. The van der Waals surface area contributed by atoms with Gasteiger partial charge in [0.2, 0.25) is 5.88 Å². The van der Waals surface area contributed by atoms with E-state index in [-0.39, 0.29) is 11.8 Å². The number of likely N-dealkylation sites (tertiary alicyclic amines) is 1. The number of hydrogen-bond donors (Lipinski definition) is 1. The van der Waals surface area contributed by atoms with E-state index in [4.69, 9.17) is 4.74 Å². The van der Waals surface area contributed by atoms with Crippen molar-refractivity contribution in [2.24, 2.45) is 0 Å². The van der Waals surface area contributed by atoms with Gasteiger partial charge in [-0.1, -0.05) is 0 Å². The van der Waals surface area contributed by atoms with Crippen molar-refractivity contribution < 1.29 is 9.53 Å². The number of pyridine rings is 2. The molecule has 1 fully saturated rings. The molecule has 1 aliphatic heterocycles. The zero-order chi connectivity index (χ0) is 17.1. The van der Waals surface area contributed by atoms with Crippen LogP contribution in [-0.2, 0) is 0 Å². The Morgan fingerprint density at radius 1 is 1.42 bits per heavy atom. The van der Waals surface area contributed by atoms with Crippen LogP contribution in [0, 0.1) is 6.92 Å². The SMILES string of the molecule is CNc1cc(C)nc([C@H]2CCN(C(=O)c3cccnc3OC)C2)c1. The number of rotatable bonds is 4. The minimum Gasteiger partial charge on any atom is -0.480 e.